The number of hydrogen-bond acceptors (Lipinski definition) is 2. The highest BCUT2D eigenvalue weighted by Gasteiger charge is 2.18. The van der Waals surface area contributed by atoms with E-state index in [4.69, 9.17) is 8.83 Å². The number of hydrogen-bond donors (Lipinski definition) is 0. The molecule has 0 unspecified atom stereocenters. The van der Waals surface area contributed by atoms with E-state index in [1.54, 1.807) is 0 Å². The highest BCUT2D eigenvalue weighted by atomic mass is 16.3. The first-order chi connectivity index (χ1) is 29.8. The first-order valence-corrected chi connectivity index (χ1v) is 20.6. The van der Waals surface area contributed by atoms with Crippen LogP contribution in [0.5, 0.6) is 0 Å². The van der Waals surface area contributed by atoms with Gasteiger partial charge in [-0.15, -0.1) is 0 Å². The zero-order valence-corrected chi connectivity index (χ0v) is 32.4. The van der Waals surface area contributed by atoms with Gasteiger partial charge in [0.2, 0.25) is 0 Å². The van der Waals surface area contributed by atoms with Gasteiger partial charge < -0.3 is 8.83 Å². The fourth-order valence-corrected chi connectivity index (χ4v) is 10.0. The van der Waals surface area contributed by atoms with E-state index < -0.39 is 0 Å². The van der Waals surface area contributed by atoms with Gasteiger partial charge in [0.05, 0.1) is 0 Å². The first kappa shape index (κ1) is 33.1. The topological polar surface area (TPSA) is 26.3 Å². The third-order valence-corrected chi connectivity index (χ3v) is 12.7. The third kappa shape index (κ3) is 4.82. The Morgan fingerprint density at radius 3 is 0.717 bits per heavy atom. The van der Waals surface area contributed by atoms with Crippen LogP contribution in [0, 0.1) is 0 Å². The van der Waals surface area contributed by atoms with Crippen molar-refractivity contribution in [2.75, 3.05) is 0 Å². The van der Waals surface area contributed by atoms with Crippen molar-refractivity contribution in [2.45, 2.75) is 0 Å². The van der Waals surface area contributed by atoms with E-state index in [2.05, 4.69) is 206 Å². The van der Waals surface area contributed by atoms with Crippen molar-refractivity contribution in [3.05, 3.63) is 206 Å². The van der Waals surface area contributed by atoms with Crippen LogP contribution in [0.3, 0.4) is 0 Å². The molecule has 0 N–H and O–H groups in total. The quantitative estimate of drug-likeness (QED) is 0.178. The lowest BCUT2D eigenvalue weighted by atomic mass is 9.91. The Kier molecular flexibility index (Phi) is 7.05. The average molecular weight is 763 g/mol. The monoisotopic (exact) mass is 762 g/mol. The van der Waals surface area contributed by atoms with Crippen LogP contribution in [-0.2, 0) is 0 Å². The summed E-state index contributed by atoms with van der Waals surface area (Å²) in [5, 5.41) is 14.0. The fraction of sp³-hybridized carbons (Fsp3) is 0. The molecule has 0 spiro atoms. The molecule has 13 aromatic rings. The van der Waals surface area contributed by atoms with Crippen LogP contribution < -0.4 is 0 Å². The van der Waals surface area contributed by atoms with Gasteiger partial charge >= 0.3 is 0 Å². The summed E-state index contributed by atoms with van der Waals surface area (Å²) in [6.45, 7) is 0. The molecular weight excluding hydrogens is 729 g/mol. The summed E-state index contributed by atoms with van der Waals surface area (Å²) in [5.41, 5.74) is 13.0. The van der Waals surface area contributed by atoms with Crippen molar-refractivity contribution in [3.63, 3.8) is 0 Å². The van der Waals surface area contributed by atoms with E-state index in [1.807, 2.05) is 0 Å². The maximum atomic E-state index is 6.84. The molecule has 0 aliphatic carbocycles. The van der Waals surface area contributed by atoms with Gasteiger partial charge in [-0.3, -0.25) is 0 Å². The molecule has 0 amide bonds. The van der Waals surface area contributed by atoms with Crippen LogP contribution in [0.4, 0.5) is 0 Å². The molecule has 0 radical (unpaired) electrons. The Hall–Kier alpha value is -7.94. The highest BCUT2D eigenvalue weighted by Crippen LogP contribution is 2.45. The fourth-order valence-electron chi connectivity index (χ4n) is 10.0. The van der Waals surface area contributed by atoms with Crippen LogP contribution in [0.25, 0.3) is 131 Å². The molecule has 278 valence electrons. The Morgan fingerprint density at radius 2 is 0.433 bits per heavy atom. The summed E-state index contributed by atoms with van der Waals surface area (Å²) in [7, 11) is 0. The minimum atomic E-state index is 0.877. The first-order valence-electron chi connectivity index (χ1n) is 20.6. The smallest absolute Gasteiger partial charge is 0.135 e. The second-order valence-electron chi connectivity index (χ2n) is 15.9. The molecule has 2 heteroatoms. The van der Waals surface area contributed by atoms with E-state index in [0.29, 0.717) is 0 Å². The molecule has 2 nitrogen and oxygen atoms in total. The van der Waals surface area contributed by atoms with Crippen LogP contribution in [-0.4, -0.2) is 0 Å². The Bertz CT molecular complexity index is 3600. The zero-order valence-electron chi connectivity index (χ0n) is 32.4. The molecular formula is C58H34O2. The van der Waals surface area contributed by atoms with Gasteiger partial charge in [0.15, 0.2) is 0 Å². The lowest BCUT2D eigenvalue weighted by Crippen LogP contribution is -1.86. The Labute approximate surface area is 345 Å². The summed E-state index contributed by atoms with van der Waals surface area (Å²) in [6.07, 6.45) is 0. The number of fused-ring (bicyclic) bond motifs is 2. The van der Waals surface area contributed by atoms with Gasteiger partial charge in [0.25, 0.3) is 0 Å². The Morgan fingerprint density at radius 1 is 0.183 bits per heavy atom. The molecule has 13 rings (SSSR count). The maximum Gasteiger partial charge on any atom is 0.135 e. The molecule has 0 aliphatic heterocycles. The van der Waals surface area contributed by atoms with E-state index >= 15 is 0 Å². The summed E-state index contributed by atoms with van der Waals surface area (Å²) in [4.78, 5) is 0. The van der Waals surface area contributed by atoms with Gasteiger partial charge in [-0.05, 0) is 112 Å². The standard InChI is InChI=1S/C58H34O2/c1-3-11-35(12-4-1)39-27-31-51-55-43(39)15-7-19-47(55)49-21-9-17-45-41(29-33-53(59-51)57(45)49)37-23-25-38(26-24-37)42-30-34-54-58-46(42)18-10-22-50(58)48-20-8-16-44-40(36-13-5-2-6-14-36)28-32-52(60-54)56(44)48/h1-34H. The molecule has 0 saturated heterocycles. The van der Waals surface area contributed by atoms with Gasteiger partial charge in [0, 0.05) is 21.5 Å². The summed E-state index contributed by atoms with van der Waals surface area (Å²) >= 11 is 0. The zero-order chi connectivity index (χ0) is 39.3. The Balaban J connectivity index is 0.965. The van der Waals surface area contributed by atoms with Crippen LogP contribution in [0.15, 0.2) is 215 Å². The van der Waals surface area contributed by atoms with Gasteiger partial charge in [0.1, 0.15) is 22.3 Å². The molecule has 0 atom stereocenters. The second-order valence-corrected chi connectivity index (χ2v) is 15.9. The van der Waals surface area contributed by atoms with Crippen LogP contribution >= 0.6 is 0 Å². The molecule has 0 fully saturated rings. The van der Waals surface area contributed by atoms with Crippen LogP contribution in [0.2, 0.25) is 0 Å². The van der Waals surface area contributed by atoms with Crippen LogP contribution in [0.1, 0.15) is 0 Å². The van der Waals surface area contributed by atoms with Crippen molar-refractivity contribution in [3.8, 4) is 44.5 Å². The number of benzene rings is 11. The van der Waals surface area contributed by atoms with Crippen molar-refractivity contribution in [2.24, 2.45) is 0 Å². The van der Waals surface area contributed by atoms with Crippen molar-refractivity contribution < 1.29 is 8.83 Å². The number of rotatable bonds is 4. The largest absolute Gasteiger partial charge is 0.456 e. The summed E-state index contributed by atoms with van der Waals surface area (Å²) in [6, 6.07) is 74.3. The van der Waals surface area contributed by atoms with Gasteiger partial charge in [-0.25, -0.2) is 0 Å². The van der Waals surface area contributed by atoms with Crippen molar-refractivity contribution in [1.82, 2.24) is 0 Å². The molecule has 0 bridgehead atoms. The molecule has 0 aliphatic rings. The average Bonchev–Trinajstić information content (AvgIpc) is 3.55. The van der Waals surface area contributed by atoms with Crippen molar-refractivity contribution >= 4 is 87.0 Å². The highest BCUT2D eigenvalue weighted by molar-refractivity contribution is 6.28. The molecule has 0 saturated carbocycles. The molecule has 2 aromatic heterocycles. The molecule has 2 heterocycles. The third-order valence-electron chi connectivity index (χ3n) is 12.7. The maximum absolute atomic E-state index is 6.84. The van der Waals surface area contributed by atoms with Gasteiger partial charge in [-0.2, -0.15) is 0 Å². The summed E-state index contributed by atoms with van der Waals surface area (Å²) in [5.74, 6) is 0. The van der Waals surface area contributed by atoms with E-state index in [1.165, 1.54) is 76.5 Å². The molecule has 60 heavy (non-hydrogen) atoms. The normalized spacial score (nSPS) is 12.0. The predicted molar refractivity (Wildman–Crippen MR) is 253 cm³/mol. The second kappa shape index (κ2) is 12.8. The van der Waals surface area contributed by atoms with E-state index in [9.17, 15) is 0 Å². The lowest BCUT2D eigenvalue weighted by molar-refractivity contribution is 0.664. The minimum absolute atomic E-state index is 0.877. The minimum Gasteiger partial charge on any atom is -0.456 e. The van der Waals surface area contributed by atoms with Crippen molar-refractivity contribution in [1.29, 1.82) is 0 Å². The van der Waals surface area contributed by atoms with Gasteiger partial charge in [-0.1, -0.05) is 182 Å². The predicted octanol–water partition coefficient (Wildman–Crippen LogP) is 16.8. The van der Waals surface area contributed by atoms with E-state index in [0.717, 1.165) is 55.0 Å². The molecule has 11 aromatic carbocycles. The lowest BCUT2D eigenvalue weighted by Gasteiger charge is -2.12. The van der Waals surface area contributed by atoms with E-state index in [-0.39, 0.29) is 0 Å². The SMILES string of the molecule is c1ccc(-c2ccc3oc4ccc(-c5ccc(-c6ccc7oc8ccc(-c9ccccc9)c9cccc(c%10cccc6c7%10)c89)cc5)c5cccc(c6cccc2c36)c45)cc1. The summed E-state index contributed by atoms with van der Waals surface area (Å²) < 4.78 is 13.7.